The Bertz CT molecular complexity index is 1410. The van der Waals surface area contributed by atoms with E-state index in [1.54, 1.807) is 23.3 Å². The number of nitrogens with one attached hydrogen (secondary N) is 1. The number of pyridine rings is 2. The van der Waals surface area contributed by atoms with Gasteiger partial charge in [0.05, 0.1) is 16.9 Å². The Morgan fingerprint density at radius 3 is 2.74 bits per heavy atom. The highest BCUT2D eigenvalue weighted by atomic mass is 35.5. The zero-order valence-corrected chi connectivity index (χ0v) is 20.1. The van der Waals surface area contributed by atoms with Gasteiger partial charge in [0.2, 0.25) is 5.91 Å². The van der Waals surface area contributed by atoms with Crippen LogP contribution in [0.2, 0.25) is 5.02 Å². The first kappa shape index (κ1) is 22.2. The molecular formula is C25H26ClN7O. The summed E-state index contributed by atoms with van der Waals surface area (Å²) in [5.41, 5.74) is 10.4. The number of nitrogens with two attached hydrogens (primary N) is 1. The second-order valence-electron chi connectivity index (χ2n) is 8.85. The van der Waals surface area contributed by atoms with Crippen molar-refractivity contribution in [3.63, 3.8) is 0 Å². The second-order valence-corrected chi connectivity index (χ2v) is 9.23. The Morgan fingerprint density at radius 1 is 1.12 bits per heavy atom. The van der Waals surface area contributed by atoms with Crippen molar-refractivity contribution in [3.8, 4) is 11.1 Å². The molecule has 0 saturated carbocycles. The SMILES string of the molecule is Cc1c(N)cncc1-c1ccc2cnc(Nc3cc4n(n3)CC(=O)N(C(C)C)CC4)cc2c1Cl. The normalized spacial score (nSPS) is 13.9. The summed E-state index contributed by atoms with van der Waals surface area (Å²) in [5, 5.41) is 10.3. The molecule has 5 rings (SSSR count). The first-order chi connectivity index (χ1) is 16.3. The molecule has 0 bridgehead atoms. The monoisotopic (exact) mass is 475 g/mol. The van der Waals surface area contributed by atoms with Gasteiger partial charge in [-0.1, -0.05) is 23.7 Å². The van der Waals surface area contributed by atoms with E-state index in [0.717, 1.165) is 39.6 Å². The molecule has 3 N–H and O–H groups in total. The number of nitrogens with zero attached hydrogens (tertiary/aromatic N) is 5. The summed E-state index contributed by atoms with van der Waals surface area (Å²) in [6, 6.07) is 8.01. The van der Waals surface area contributed by atoms with Crippen molar-refractivity contribution in [1.82, 2.24) is 24.6 Å². The van der Waals surface area contributed by atoms with Crippen LogP contribution in [0.4, 0.5) is 17.3 Å². The van der Waals surface area contributed by atoms with Gasteiger partial charge in [0, 0.05) is 65.1 Å². The lowest BCUT2D eigenvalue weighted by Crippen LogP contribution is -2.38. The van der Waals surface area contributed by atoms with Crippen LogP contribution >= 0.6 is 11.6 Å². The van der Waals surface area contributed by atoms with Gasteiger partial charge in [-0.3, -0.25) is 14.5 Å². The summed E-state index contributed by atoms with van der Waals surface area (Å²) in [4.78, 5) is 23.2. The van der Waals surface area contributed by atoms with Crippen LogP contribution in [0.1, 0.15) is 25.1 Å². The number of aromatic nitrogens is 4. The molecule has 0 fully saturated rings. The fourth-order valence-electron chi connectivity index (χ4n) is 4.38. The molecule has 1 aromatic carbocycles. The number of anilines is 3. The fraction of sp³-hybridized carbons (Fsp3) is 0.280. The highest BCUT2D eigenvalue weighted by Crippen LogP contribution is 2.37. The molecule has 34 heavy (non-hydrogen) atoms. The van der Waals surface area contributed by atoms with E-state index >= 15 is 0 Å². The zero-order chi connectivity index (χ0) is 24.0. The molecule has 8 nitrogen and oxygen atoms in total. The third-order valence-electron chi connectivity index (χ3n) is 6.34. The molecule has 4 heterocycles. The summed E-state index contributed by atoms with van der Waals surface area (Å²) >= 11 is 6.85. The number of fused-ring (bicyclic) bond motifs is 2. The van der Waals surface area contributed by atoms with Gasteiger partial charge in [-0.2, -0.15) is 5.10 Å². The number of hydrogen-bond donors (Lipinski definition) is 2. The van der Waals surface area contributed by atoms with E-state index in [1.165, 1.54) is 0 Å². The van der Waals surface area contributed by atoms with Crippen molar-refractivity contribution in [1.29, 1.82) is 0 Å². The molecule has 1 amide bonds. The van der Waals surface area contributed by atoms with Gasteiger partial charge in [-0.25, -0.2) is 4.98 Å². The van der Waals surface area contributed by atoms with Crippen LogP contribution in [0, 0.1) is 6.92 Å². The molecule has 0 spiro atoms. The molecule has 174 valence electrons. The quantitative estimate of drug-likeness (QED) is 0.448. The number of halogens is 1. The maximum absolute atomic E-state index is 12.6. The molecule has 0 aliphatic carbocycles. The first-order valence-electron chi connectivity index (χ1n) is 11.2. The summed E-state index contributed by atoms with van der Waals surface area (Å²) in [5.74, 6) is 1.35. The van der Waals surface area contributed by atoms with Crippen molar-refractivity contribution in [3.05, 3.63) is 59.1 Å². The van der Waals surface area contributed by atoms with Gasteiger partial charge in [0.15, 0.2) is 5.82 Å². The minimum absolute atomic E-state index is 0.0814. The zero-order valence-electron chi connectivity index (χ0n) is 19.3. The molecule has 9 heteroatoms. The Morgan fingerprint density at radius 2 is 1.94 bits per heavy atom. The molecule has 0 atom stereocenters. The predicted molar refractivity (Wildman–Crippen MR) is 135 cm³/mol. The van der Waals surface area contributed by atoms with Crippen LogP contribution in [0.15, 0.2) is 42.9 Å². The highest BCUT2D eigenvalue weighted by molar-refractivity contribution is 6.38. The van der Waals surface area contributed by atoms with Crippen molar-refractivity contribution >= 4 is 45.6 Å². The van der Waals surface area contributed by atoms with Gasteiger partial charge in [-0.05, 0) is 32.4 Å². The smallest absolute Gasteiger partial charge is 0.244 e. The average Bonchev–Trinajstić information content (AvgIpc) is 3.09. The molecule has 1 aliphatic heterocycles. The van der Waals surface area contributed by atoms with E-state index < -0.39 is 0 Å². The molecule has 0 saturated heterocycles. The minimum Gasteiger partial charge on any atom is -0.397 e. The number of hydrogen-bond acceptors (Lipinski definition) is 6. The molecule has 1 aliphatic rings. The fourth-order valence-corrected chi connectivity index (χ4v) is 4.71. The van der Waals surface area contributed by atoms with Crippen LogP contribution in [0.3, 0.4) is 0 Å². The van der Waals surface area contributed by atoms with E-state index in [-0.39, 0.29) is 18.5 Å². The molecular weight excluding hydrogens is 450 g/mol. The largest absolute Gasteiger partial charge is 0.397 e. The van der Waals surface area contributed by atoms with Crippen LogP contribution < -0.4 is 11.1 Å². The molecule has 3 aromatic heterocycles. The van der Waals surface area contributed by atoms with Crippen LogP contribution in [-0.4, -0.2) is 43.1 Å². The lowest BCUT2D eigenvalue weighted by atomic mass is 9.99. The minimum atomic E-state index is 0.0814. The van der Waals surface area contributed by atoms with Gasteiger partial charge >= 0.3 is 0 Å². The van der Waals surface area contributed by atoms with Crippen LogP contribution in [0.5, 0.6) is 0 Å². The molecule has 4 aromatic rings. The van der Waals surface area contributed by atoms with E-state index in [4.69, 9.17) is 17.3 Å². The number of carbonyl (C=O) groups is 1. The van der Waals surface area contributed by atoms with E-state index in [9.17, 15) is 4.79 Å². The number of benzene rings is 1. The van der Waals surface area contributed by atoms with Gasteiger partial charge < -0.3 is 16.0 Å². The van der Waals surface area contributed by atoms with Crippen molar-refractivity contribution in [2.24, 2.45) is 0 Å². The highest BCUT2D eigenvalue weighted by Gasteiger charge is 2.24. The van der Waals surface area contributed by atoms with Crippen molar-refractivity contribution in [2.75, 3.05) is 17.6 Å². The first-order valence-corrected chi connectivity index (χ1v) is 11.6. The number of nitrogen functional groups attached to an aromatic ring is 1. The Kier molecular flexibility index (Phi) is 5.61. The number of amides is 1. The van der Waals surface area contributed by atoms with E-state index in [2.05, 4.69) is 20.4 Å². The maximum Gasteiger partial charge on any atom is 0.244 e. The summed E-state index contributed by atoms with van der Waals surface area (Å²) < 4.78 is 1.77. The van der Waals surface area contributed by atoms with E-state index in [0.29, 0.717) is 28.9 Å². The Hall–Kier alpha value is -3.65. The standard InChI is InChI=1S/C25H26ClN7O/c1-14(2)32-7-6-17-8-23(31-33(17)13-24(32)34)30-22-9-19-16(10-29-22)4-5-18(25(19)26)20-11-28-12-21(27)15(20)3/h4-5,8-12,14H,6-7,13,27H2,1-3H3,(H,29,30,31). The van der Waals surface area contributed by atoms with Crippen molar-refractivity contribution in [2.45, 2.75) is 39.8 Å². The third kappa shape index (κ3) is 3.94. The topological polar surface area (TPSA) is 102 Å². The Labute approximate surface area is 202 Å². The van der Waals surface area contributed by atoms with Crippen LogP contribution in [0.25, 0.3) is 21.9 Å². The van der Waals surface area contributed by atoms with Gasteiger partial charge in [-0.15, -0.1) is 0 Å². The molecule has 0 radical (unpaired) electrons. The lowest BCUT2D eigenvalue weighted by molar-refractivity contribution is -0.133. The summed E-state index contributed by atoms with van der Waals surface area (Å²) in [7, 11) is 0. The Balaban J connectivity index is 1.45. The van der Waals surface area contributed by atoms with Gasteiger partial charge in [0.1, 0.15) is 12.4 Å². The number of carbonyl (C=O) groups excluding carboxylic acids is 1. The van der Waals surface area contributed by atoms with Gasteiger partial charge in [0.25, 0.3) is 0 Å². The summed E-state index contributed by atoms with van der Waals surface area (Å²) in [6.45, 7) is 6.95. The predicted octanol–water partition coefficient (Wildman–Crippen LogP) is 4.57. The maximum atomic E-state index is 12.6. The lowest BCUT2D eigenvalue weighted by Gasteiger charge is -2.24. The molecule has 0 unspecified atom stereocenters. The van der Waals surface area contributed by atoms with Crippen molar-refractivity contribution < 1.29 is 4.79 Å². The van der Waals surface area contributed by atoms with E-state index in [1.807, 2.05) is 49.9 Å². The second kappa shape index (κ2) is 8.61. The average molecular weight is 476 g/mol. The van der Waals surface area contributed by atoms with Crippen LogP contribution in [-0.2, 0) is 17.8 Å². The summed E-state index contributed by atoms with van der Waals surface area (Å²) in [6.07, 6.45) is 5.95. The third-order valence-corrected chi connectivity index (χ3v) is 6.75. The number of rotatable bonds is 4.